The maximum atomic E-state index is 12.4. The van der Waals surface area contributed by atoms with Crippen LogP contribution in [0, 0.1) is 0 Å². The molecule has 0 aliphatic carbocycles. The van der Waals surface area contributed by atoms with Crippen molar-refractivity contribution >= 4 is 27.8 Å². The molecule has 0 radical (unpaired) electrons. The minimum Gasteiger partial charge on any atom is -0.481 e. The molecule has 120 valence electrons. The molecule has 2 rings (SSSR count). The fourth-order valence-corrected chi connectivity index (χ4v) is 3.32. The number of ether oxygens (including phenoxy) is 1. The quantitative estimate of drug-likeness (QED) is 0.866. The molecule has 0 spiro atoms. The van der Waals surface area contributed by atoms with Crippen molar-refractivity contribution in [3.8, 4) is 0 Å². The Kier molecular flexibility index (Phi) is 5.97. The molecule has 1 aliphatic heterocycles. The van der Waals surface area contributed by atoms with E-state index in [0.29, 0.717) is 26.1 Å². The van der Waals surface area contributed by atoms with E-state index < -0.39 is 12.1 Å². The highest BCUT2D eigenvalue weighted by Gasteiger charge is 2.27. The van der Waals surface area contributed by atoms with Crippen LogP contribution in [0.4, 0.5) is 0 Å². The van der Waals surface area contributed by atoms with E-state index in [2.05, 4.69) is 15.9 Å². The maximum Gasteiger partial charge on any atom is 0.306 e. The first kappa shape index (κ1) is 17.0. The van der Waals surface area contributed by atoms with Crippen molar-refractivity contribution in [1.82, 2.24) is 4.90 Å². The molecule has 1 amide bonds. The number of carbonyl (C=O) groups is 2. The van der Waals surface area contributed by atoms with Crippen LogP contribution >= 0.6 is 15.9 Å². The number of carboxylic acid groups (broad SMARTS) is 1. The number of carbonyl (C=O) groups excluding carboxylic acids is 1. The minimum absolute atomic E-state index is 0.0435. The van der Waals surface area contributed by atoms with Crippen LogP contribution in [-0.2, 0) is 14.3 Å². The molecule has 0 aromatic heterocycles. The summed E-state index contributed by atoms with van der Waals surface area (Å²) in [5.74, 6) is -0.758. The zero-order chi connectivity index (χ0) is 16.1. The monoisotopic (exact) mass is 369 g/mol. The molecule has 2 atom stereocenters. The summed E-state index contributed by atoms with van der Waals surface area (Å²) in [6.45, 7) is 3.30. The van der Waals surface area contributed by atoms with Crippen LogP contribution < -0.4 is 0 Å². The Balaban J connectivity index is 1.94. The van der Waals surface area contributed by atoms with Crippen molar-refractivity contribution in [2.45, 2.75) is 31.8 Å². The Morgan fingerprint density at radius 1 is 1.45 bits per heavy atom. The molecule has 5 nitrogen and oxygen atoms in total. The van der Waals surface area contributed by atoms with Crippen molar-refractivity contribution in [3.63, 3.8) is 0 Å². The Morgan fingerprint density at radius 3 is 2.86 bits per heavy atom. The van der Waals surface area contributed by atoms with Gasteiger partial charge in [-0.2, -0.15) is 0 Å². The second-order valence-electron chi connectivity index (χ2n) is 5.56. The van der Waals surface area contributed by atoms with Gasteiger partial charge in [0.25, 0.3) is 0 Å². The van der Waals surface area contributed by atoms with Crippen LogP contribution in [0.1, 0.15) is 31.2 Å². The Hall–Kier alpha value is -1.40. The highest BCUT2D eigenvalue weighted by Crippen LogP contribution is 2.27. The van der Waals surface area contributed by atoms with Crippen molar-refractivity contribution in [3.05, 3.63) is 34.3 Å². The summed E-state index contributed by atoms with van der Waals surface area (Å²) in [5.41, 5.74) is 1.10. The molecule has 0 bridgehead atoms. The standard InChI is InChI=1S/C16H20BrNO4/c1-11(13-4-2-3-5-14(13)17)8-15(19)18-6-7-22-12(10-18)9-16(20)21/h2-5,11-12H,6-10H2,1H3,(H,20,21). The van der Waals surface area contributed by atoms with E-state index >= 15 is 0 Å². The van der Waals surface area contributed by atoms with E-state index in [1.54, 1.807) is 4.90 Å². The predicted molar refractivity (Wildman–Crippen MR) is 85.7 cm³/mol. The van der Waals surface area contributed by atoms with E-state index in [1.807, 2.05) is 31.2 Å². The predicted octanol–water partition coefficient (Wildman–Crippen LogP) is 2.64. The zero-order valence-corrected chi connectivity index (χ0v) is 14.1. The van der Waals surface area contributed by atoms with Crippen LogP contribution in [0.5, 0.6) is 0 Å². The molecule has 6 heteroatoms. The average molecular weight is 370 g/mol. The molecule has 22 heavy (non-hydrogen) atoms. The van der Waals surface area contributed by atoms with Gasteiger partial charge < -0.3 is 14.7 Å². The SMILES string of the molecule is CC(CC(=O)N1CCOC(CC(=O)O)C1)c1ccccc1Br. The highest BCUT2D eigenvalue weighted by atomic mass is 79.9. The normalized spacial score (nSPS) is 19.7. The third-order valence-corrected chi connectivity index (χ3v) is 4.53. The van der Waals surface area contributed by atoms with Gasteiger partial charge in [0.1, 0.15) is 0 Å². The number of amides is 1. The van der Waals surface area contributed by atoms with Gasteiger partial charge in [-0.15, -0.1) is 0 Å². The summed E-state index contributed by atoms with van der Waals surface area (Å²) in [7, 11) is 0. The first-order chi connectivity index (χ1) is 10.5. The number of aliphatic carboxylic acids is 1. The smallest absolute Gasteiger partial charge is 0.306 e. The number of hydrogen-bond donors (Lipinski definition) is 1. The van der Waals surface area contributed by atoms with Gasteiger partial charge >= 0.3 is 5.97 Å². The van der Waals surface area contributed by atoms with E-state index in [1.165, 1.54) is 0 Å². The fraction of sp³-hybridized carbons (Fsp3) is 0.500. The molecule has 1 aromatic rings. The topological polar surface area (TPSA) is 66.8 Å². The van der Waals surface area contributed by atoms with Gasteiger partial charge in [-0.25, -0.2) is 0 Å². The Morgan fingerprint density at radius 2 is 2.18 bits per heavy atom. The number of morpholine rings is 1. The van der Waals surface area contributed by atoms with Crippen molar-refractivity contribution < 1.29 is 19.4 Å². The molecule has 0 saturated carbocycles. The van der Waals surface area contributed by atoms with Crippen LogP contribution in [0.2, 0.25) is 0 Å². The molecule has 1 N–H and O–H groups in total. The van der Waals surface area contributed by atoms with Gasteiger partial charge in [0.15, 0.2) is 0 Å². The summed E-state index contributed by atoms with van der Waals surface area (Å²) in [4.78, 5) is 24.9. The lowest BCUT2D eigenvalue weighted by molar-refractivity contribution is -0.147. The zero-order valence-electron chi connectivity index (χ0n) is 12.5. The molecule has 1 fully saturated rings. The number of rotatable bonds is 5. The van der Waals surface area contributed by atoms with Gasteiger partial charge in [0.2, 0.25) is 5.91 Å². The van der Waals surface area contributed by atoms with Crippen LogP contribution in [0.15, 0.2) is 28.7 Å². The Bertz CT molecular complexity index is 549. The van der Waals surface area contributed by atoms with E-state index in [9.17, 15) is 9.59 Å². The van der Waals surface area contributed by atoms with E-state index in [0.717, 1.165) is 10.0 Å². The highest BCUT2D eigenvalue weighted by molar-refractivity contribution is 9.10. The lowest BCUT2D eigenvalue weighted by Gasteiger charge is -2.33. The van der Waals surface area contributed by atoms with Gasteiger partial charge in [-0.1, -0.05) is 41.1 Å². The first-order valence-electron chi connectivity index (χ1n) is 7.33. The molecule has 1 heterocycles. The number of benzene rings is 1. The molecule has 1 aliphatic rings. The van der Waals surface area contributed by atoms with Gasteiger partial charge in [-0.3, -0.25) is 9.59 Å². The van der Waals surface area contributed by atoms with Gasteiger partial charge in [0.05, 0.1) is 19.1 Å². The average Bonchev–Trinajstić information content (AvgIpc) is 2.47. The lowest BCUT2D eigenvalue weighted by atomic mass is 9.97. The largest absolute Gasteiger partial charge is 0.481 e. The van der Waals surface area contributed by atoms with Crippen molar-refractivity contribution in [1.29, 1.82) is 0 Å². The van der Waals surface area contributed by atoms with Crippen LogP contribution in [-0.4, -0.2) is 47.7 Å². The third kappa shape index (κ3) is 4.55. The van der Waals surface area contributed by atoms with Gasteiger partial charge in [0, 0.05) is 24.0 Å². The molecular formula is C16H20BrNO4. The third-order valence-electron chi connectivity index (χ3n) is 3.81. The number of nitrogens with zero attached hydrogens (tertiary/aromatic N) is 1. The second kappa shape index (κ2) is 7.74. The molecule has 2 unspecified atom stereocenters. The summed E-state index contributed by atoms with van der Waals surface area (Å²) in [5, 5.41) is 8.83. The number of carboxylic acids is 1. The van der Waals surface area contributed by atoms with Crippen molar-refractivity contribution in [2.24, 2.45) is 0 Å². The van der Waals surface area contributed by atoms with E-state index in [4.69, 9.17) is 9.84 Å². The summed E-state index contributed by atoms with van der Waals surface area (Å²) in [6, 6.07) is 7.88. The van der Waals surface area contributed by atoms with Crippen LogP contribution in [0.25, 0.3) is 0 Å². The minimum atomic E-state index is -0.902. The van der Waals surface area contributed by atoms with E-state index in [-0.39, 0.29) is 18.2 Å². The number of halogens is 1. The molecule has 1 saturated heterocycles. The maximum absolute atomic E-state index is 12.4. The Labute approximate surface area is 138 Å². The first-order valence-corrected chi connectivity index (χ1v) is 8.12. The number of hydrogen-bond acceptors (Lipinski definition) is 3. The summed E-state index contributed by atoms with van der Waals surface area (Å²) < 4.78 is 6.40. The molecular weight excluding hydrogens is 350 g/mol. The lowest BCUT2D eigenvalue weighted by Crippen LogP contribution is -2.46. The summed E-state index contributed by atoms with van der Waals surface area (Å²) >= 11 is 3.51. The summed E-state index contributed by atoms with van der Waals surface area (Å²) in [6.07, 6.45) is -0.0691. The fourth-order valence-electron chi connectivity index (χ4n) is 2.64. The van der Waals surface area contributed by atoms with Crippen LogP contribution in [0.3, 0.4) is 0 Å². The second-order valence-corrected chi connectivity index (χ2v) is 6.41. The van der Waals surface area contributed by atoms with Gasteiger partial charge in [-0.05, 0) is 17.5 Å². The van der Waals surface area contributed by atoms with Crippen molar-refractivity contribution in [2.75, 3.05) is 19.7 Å². The molecule has 1 aromatic carbocycles.